The van der Waals surface area contributed by atoms with Crippen molar-refractivity contribution in [3.8, 4) is 5.75 Å². The summed E-state index contributed by atoms with van der Waals surface area (Å²) in [6.07, 6.45) is -4.74. The van der Waals surface area contributed by atoms with Crippen molar-refractivity contribution in [1.82, 2.24) is 14.3 Å². The van der Waals surface area contributed by atoms with E-state index in [1.54, 1.807) is 0 Å². The molecule has 0 amide bonds. The molecule has 1 aliphatic rings. The van der Waals surface area contributed by atoms with Crippen molar-refractivity contribution in [3.05, 3.63) is 66.1 Å². The molecule has 1 saturated heterocycles. The molecule has 8 nitrogen and oxygen atoms in total. The maximum absolute atomic E-state index is 13.4. The summed E-state index contributed by atoms with van der Waals surface area (Å²) in [7, 11) is -3.84. The highest BCUT2D eigenvalue weighted by atomic mass is 32.2. The minimum Gasteiger partial charge on any atom is -0.508 e. The van der Waals surface area contributed by atoms with Crippen molar-refractivity contribution >= 4 is 27.5 Å². The van der Waals surface area contributed by atoms with Gasteiger partial charge in [-0.3, -0.25) is 0 Å². The lowest BCUT2D eigenvalue weighted by Gasteiger charge is -2.34. The monoisotopic (exact) mass is 497 g/mol. The molecule has 13 heteroatoms. The molecule has 4 rings (SSSR count). The van der Waals surface area contributed by atoms with E-state index in [9.17, 15) is 31.1 Å². The van der Waals surface area contributed by atoms with Crippen LogP contribution >= 0.6 is 0 Å². The number of aromatic nitrogens is 2. The minimum absolute atomic E-state index is 0.000136. The van der Waals surface area contributed by atoms with E-state index in [1.807, 2.05) is 0 Å². The van der Waals surface area contributed by atoms with Crippen molar-refractivity contribution < 1.29 is 31.1 Å². The molecule has 2 heterocycles. The number of benzene rings is 2. The smallest absolute Gasteiger partial charge is 0.433 e. The van der Waals surface area contributed by atoms with Gasteiger partial charge in [-0.2, -0.15) is 22.5 Å². The summed E-state index contributed by atoms with van der Waals surface area (Å²) < 4.78 is 80.3. The van der Waals surface area contributed by atoms with Gasteiger partial charge in [-0.1, -0.05) is 0 Å². The van der Waals surface area contributed by atoms with Gasteiger partial charge in [0.05, 0.1) is 4.90 Å². The third-order valence-electron chi connectivity index (χ3n) is 5.12. The van der Waals surface area contributed by atoms with E-state index < -0.39 is 27.7 Å². The molecule has 180 valence electrons. The lowest BCUT2D eigenvalue weighted by molar-refractivity contribution is -0.141. The molecule has 2 aromatic carbocycles. The highest BCUT2D eigenvalue weighted by Gasteiger charge is 2.35. The number of aromatic hydroxyl groups is 1. The zero-order valence-electron chi connectivity index (χ0n) is 17.5. The Labute approximate surface area is 192 Å². The van der Waals surface area contributed by atoms with E-state index in [4.69, 9.17) is 0 Å². The largest absolute Gasteiger partial charge is 0.508 e. The molecular weight excluding hydrogens is 478 g/mol. The molecule has 0 spiro atoms. The normalized spacial score (nSPS) is 15.4. The van der Waals surface area contributed by atoms with Crippen LogP contribution in [0.5, 0.6) is 5.75 Å². The van der Waals surface area contributed by atoms with Gasteiger partial charge in [0, 0.05) is 37.9 Å². The van der Waals surface area contributed by atoms with Crippen molar-refractivity contribution in [3.63, 3.8) is 0 Å². The first-order chi connectivity index (χ1) is 16.0. The van der Waals surface area contributed by atoms with Gasteiger partial charge in [0.15, 0.2) is 5.69 Å². The zero-order chi connectivity index (χ0) is 24.5. The van der Waals surface area contributed by atoms with Crippen molar-refractivity contribution in [2.45, 2.75) is 11.1 Å². The molecule has 2 N–H and O–H groups in total. The van der Waals surface area contributed by atoms with Crippen molar-refractivity contribution in [2.75, 3.05) is 36.4 Å². The Bertz CT molecular complexity index is 1260. The Balaban J connectivity index is 1.54. The first kappa shape index (κ1) is 23.7. The number of rotatable bonds is 5. The summed E-state index contributed by atoms with van der Waals surface area (Å²) in [4.78, 5) is 9.26. The van der Waals surface area contributed by atoms with Crippen LogP contribution in [0.3, 0.4) is 0 Å². The van der Waals surface area contributed by atoms with Gasteiger partial charge in [0.25, 0.3) is 0 Å². The SMILES string of the molecule is O=S(=O)(c1ccc(O)cc1)N1CCN(c2nc(Nc3ccc(F)cc3)cc(C(F)(F)F)n2)CC1. The number of phenols is 1. The van der Waals surface area contributed by atoms with E-state index in [0.29, 0.717) is 5.69 Å². The zero-order valence-corrected chi connectivity index (χ0v) is 18.3. The molecule has 34 heavy (non-hydrogen) atoms. The van der Waals surface area contributed by atoms with Crippen LogP contribution in [0.4, 0.5) is 35.0 Å². The average Bonchev–Trinajstić information content (AvgIpc) is 2.80. The minimum atomic E-state index is -4.74. The Morgan fingerprint density at radius 1 is 0.912 bits per heavy atom. The number of hydrogen-bond donors (Lipinski definition) is 2. The lowest BCUT2D eigenvalue weighted by Crippen LogP contribution is -2.49. The summed E-state index contributed by atoms with van der Waals surface area (Å²) in [6.45, 7) is 0.135. The second-order valence-corrected chi connectivity index (χ2v) is 9.39. The third kappa shape index (κ3) is 5.20. The van der Waals surface area contributed by atoms with Crippen LogP contribution < -0.4 is 10.2 Å². The molecular formula is C21H19F4N5O3S. The Morgan fingerprint density at radius 3 is 2.12 bits per heavy atom. The summed E-state index contributed by atoms with van der Waals surface area (Å²) in [5.41, 5.74) is -0.828. The molecule has 0 aliphatic carbocycles. The summed E-state index contributed by atoms with van der Waals surface area (Å²) in [5.74, 6) is -0.912. The summed E-state index contributed by atoms with van der Waals surface area (Å²) >= 11 is 0. The highest BCUT2D eigenvalue weighted by molar-refractivity contribution is 7.89. The van der Waals surface area contributed by atoms with Gasteiger partial charge in [-0.05, 0) is 48.5 Å². The number of nitrogens with zero attached hydrogens (tertiary/aromatic N) is 4. The highest BCUT2D eigenvalue weighted by Crippen LogP contribution is 2.31. The molecule has 0 saturated carbocycles. The number of sulfonamides is 1. The molecule has 0 unspecified atom stereocenters. The van der Waals surface area contributed by atoms with E-state index in [2.05, 4.69) is 15.3 Å². The molecule has 1 fully saturated rings. The van der Waals surface area contributed by atoms with Crippen LogP contribution in [0, 0.1) is 5.82 Å². The van der Waals surface area contributed by atoms with Crippen LogP contribution in [0.2, 0.25) is 0 Å². The molecule has 3 aromatic rings. The average molecular weight is 497 g/mol. The Morgan fingerprint density at radius 2 is 1.53 bits per heavy atom. The van der Waals surface area contributed by atoms with E-state index >= 15 is 0 Å². The first-order valence-corrected chi connectivity index (χ1v) is 11.5. The molecule has 0 bridgehead atoms. The summed E-state index contributed by atoms with van der Waals surface area (Å²) in [6, 6.07) is 10.9. The number of piperazine rings is 1. The predicted octanol–water partition coefficient (Wildman–Crippen LogP) is 3.59. The van der Waals surface area contributed by atoms with Crippen LogP contribution in [0.15, 0.2) is 59.5 Å². The van der Waals surface area contributed by atoms with Crippen LogP contribution in [0.1, 0.15) is 5.69 Å². The Kier molecular flexibility index (Phi) is 6.32. The fourth-order valence-electron chi connectivity index (χ4n) is 3.36. The quantitative estimate of drug-likeness (QED) is 0.520. The number of phenolic OH excluding ortho intramolecular Hbond substituents is 1. The summed E-state index contributed by atoms with van der Waals surface area (Å²) in [5, 5.41) is 12.1. The van der Waals surface area contributed by atoms with Gasteiger partial charge in [-0.25, -0.2) is 17.8 Å². The van der Waals surface area contributed by atoms with Gasteiger partial charge in [-0.15, -0.1) is 0 Å². The Hall–Kier alpha value is -3.45. The van der Waals surface area contributed by atoms with Gasteiger partial charge in [0.1, 0.15) is 17.4 Å². The number of nitrogens with one attached hydrogen (secondary N) is 1. The van der Waals surface area contributed by atoms with Gasteiger partial charge in [0.2, 0.25) is 16.0 Å². The fourth-order valence-corrected chi connectivity index (χ4v) is 4.78. The molecule has 0 radical (unpaired) electrons. The first-order valence-electron chi connectivity index (χ1n) is 10.1. The number of halogens is 4. The number of alkyl halides is 3. The van der Waals surface area contributed by atoms with Crippen LogP contribution in [0.25, 0.3) is 0 Å². The third-order valence-corrected chi connectivity index (χ3v) is 7.03. The van der Waals surface area contributed by atoms with Crippen LogP contribution in [-0.2, 0) is 16.2 Å². The number of hydrogen-bond acceptors (Lipinski definition) is 7. The predicted molar refractivity (Wildman–Crippen MR) is 116 cm³/mol. The standard InChI is InChI=1S/C21H19F4N5O3S/c22-14-1-3-15(4-2-14)26-19-13-18(21(23,24)25)27-20(28-19)29-9-11-30(12-10-29)34(32,33)17-7-5-16(31)6-8-17/h1-8,13,31H,9-12H2,(H,26,27,28). The fraction of sp³-hybridized carbons (Fsp3) is 0.238. The van der Waals surface area contributed by atoms with Crippen molar-refractivity contribution in [2.24, 2.45) is 0 Å². The molecule has 0 atom stereocenters. The molecule has 1 aliphatic heterocycles. The maximum Gasteiger partial charge on any atom is 0.433 e. The van der Waals surface area contributed by atoms with Gasteiger partial charge < -0.3 is 15.3 Å². The van der Waals surface area contributed by atoms with E-state index in [1.165, 1.54) is 45.6 Å². The van der Waals surface area contributed by atoms with E-state index in [-0.39, 0.29) is 48.6 Å². The molecule has 1 aromatic heterocycles. The lowest BCUT2D eigenvalue weighted by atomic mass is 10.3. The van der Waals surface area contributed by atoms with Crippen LogP contribution in [-0.4, -0.2) is 54.0 Å². The second kappa shape index (κ2) is 9.06. The second-order valence-electron chi connectivity index (χ2n) is 7.45. The van der Waals surface area contributed by atoms with E-state index in [0.717, 1.165) is 18.2 Å². The van der Waals surface area contributed by atoms with Crippen molar-refractivity contribution in [1.29, 1.82) is 0 Å². The maximum atomic E-state index is 13.4. The topological polar surface area (TPSA) is 98.7 Å². The number of anilines is 3. The van der Waals surface area contributed by atoms with Gasteiger partial charge >= 0.3 is 6.18 Å².